The van der Waals surface area contributed by atoms with Crippen LogP contribution in [-0.2, 0) is 27.6 Å². The van der Waals surface area contributed by atoms with Crippen molar-refractivity contribution in [2.75, 3.05) is 6.54 Å². The minimum absolute atomic E-state index is 0.151. The van der Waals surface area contributed by atoms with Gasteiger partial charge in [-0.3, -0.25) is 9.63 Å². The third-order valence-electron chi connectivity index (χ3n) is 5.63. The van der Waals surface area contributed by atoms with Gasteiger partial charge in [0, 0.05) is 6.54 Å². The molecule has 5 nitrogen and oxygen atoms in total. The van der Waals surface area contributed by atoms with E-state index in [4.69, 9.17) is 9.57 Å². The van der Waals surface area contributed by atoms with Gasteiger partial charge in [-0.15, -0.1) is 0 Å². The predicted octanol–water partition coefficient (Wildman–Crippen LogP) is 2.96. The van der Waals surface area contributed by atoms with Gasteiger partial charge in [-0.2, -0.15) is 5.48 Å². The molecule has 4 rings (SSSR count). The molecule has 1 aliphatic carbocycles. The molecule has 1 heterocycles. The van der Waals surface area contributed by atoms with Crippen molar-refractivity contribution in [3.63, 3.8) is 0 Å². The van der Waals surface area contributed by atoms with Crippen LogP contribution in [0.4, 0.5) is 0 Å². The fourth-order valence-electron chi connectivity index (χ4n) is 3.77. The minimum atomic E-state index is -0.233. The molecule has 2 aromatic rings. The molecule has 2 atom stereocenters. The molecule has 2 fully saturated rings. The lowest BCUT2D eigenvalue weighted by molar-refractivity contribution is -0.149. The first-order chi connectivity index (χ1) is 13.3. The van der Waals surface area contributed by atoms with E-state index in [1.165, 1.54) is 0 Å². The maximum absolute atomic E-state index is 12.5. The van der Waals surface area contributed by atoms with Gasteiger partial charge in [0.1, 0.15) is 12.6 Å². The van der Waals surface area contributed by atoms with E-state index in [9.17, 15) is 4.79 Å². The maximum atomic E-state index is 12.5. The van der Waals surface area contributed by atoms with Gasteiger partial charge < -0.3 is 10.1 Å². The number of hydroxylamine groups is 1. The Balaban J connectivity index is 1.24. The highest BCUT2D eigenvalue weighted by molar-refractivity contribution is 5.76. The van der Waals surface area contributed by atoms with Gasteiger partial charge in [-0.1, -0.05) is 60.7 Å². The third kappa shape index (κ3) is 4.56. The summed E-state index contributed by atoms with van der Waals surface area (Å²) in [6, 6.07) is 19.9. The average Bonchev–Trinajstić information content (AvgIpc) is 3.49. The molecular formula is C22H26N2O3. The summed E-state index contributed by atoms with van der Waals surface area (Å²) in [6.45, 7) is 1.57. The molecule has 0 radical (unpaired) electrons. The molecule has 1 saturated heterocycles. The zero-order chi connectivity index (χ0) is 18.5. The van der Waals surface area contributed by atoms with E-state index in [1.807, 2.05) is 60.7 Å². The van der Waals surface area contributed by atoms with Gasteiger partial charge >= 0.3 is 5.97 Å². The Morgan fingerprint density at radius 2 is 1.63 bits per heavy atom. The van der Waals surface area contributed by atoms with E-state index in [-0.39, 0.29) is 23.5 Å². The summed E-state index contributed by atoms with van der Waals surface area (Å²) in [6.07, 6.45) is 3.06. The van der Waals surface area contributed by atoms with E-state index in [1.54, 1.807) is 0 Å². The quantitative estimate of drug-likeness (QED) is 0.583. The Morgan fingerprint density at radius 1 is 1.00 bits per heavy atom. The fourth-order valence-corrected chi connectivity index (χ4v) is 3.77. The van der Waals surface area contributed by atoms with Crippen molar-refractivity contribution in [2.45, 2.75) is 44.6 Å². The van der Waals surface area contributed by atoms with Gasteiger partial charge in [-0.05, 0) is 35.8 Å². The van der Waals surface area contributed by atoms with E-state index >= 15 is 0 Å². The van der Waals surface area contributed by atoms with Crippen LogP contribution in [0.25, 0.3) is 0 Å². The van der Waals surface area contributed by atoms with E-state index in [0.29, 0.717) is 19.8 Å². The second-order valence-electron chi connectivity index (χ2n) is 7.57. The van der Waals surface area contributed by atoms with Crippen LogP contribution >= 0.6 is 0 Å². The molecule has 1 spiro atoms. The zero-order valence-electron chi connectivity index (χ0n) is 15.4. The van der Waals surface area contributed by atoms with Crippen molar-refractivity contribution in [2.24, 2.45) is 5.41 Å². The van der Waals surface area contributed by atoms with Crippen LogP contribution in [0.5, 0.6) is 0 Å². The zero-order valence-corrected chi connectivity index (χ0v) is 15.4. The Morgan fingerprint density at radius 3 is 2.26 bits per heavy atom. The van der Waals surface area contributed by atoms with Crippen molar-refractivity contribution in [3.05, 3.63) is 71.8 Å². The fraction of sp³-hybridized carbons (Fsp3) is 0.409. The molecule has 27 heavy (non-hydrogen) atoms. The normalized spacial score (nSPS) is 23.1. The second kappa shape index (κ2) is 8.21. The summed E-state index contributed by atoms with van der Waals surface area (Å²) >= 11 is 0. The summed E-state index contributed by atoms with van der Waals surface area (Å²) in [5.74, 6) is -0.159. The molecule has 0 amide bonds. The van der Waals surface area contributed by atoms with Gasteiger partial charge in [-0.25, -0.2) is 0 Å². The Bertz CT molecular complexity index is 747. The average molecular weight is 366 g/mol. The maximum Gasteiger partial charge on any atom is 0.323 e. The lowest BCUT2D eigenvalue weighted by Gasteiger charge is -2.36. The Hall–Kier alpha value is -2.21. The standard InChI is InChI=1S/C22H26N2O3/c25-21(26-15-17-7-3-1-4-8-17)19-13-22(11-12-22)20(14-23-19)24-27-16-18-9-5-2-6-10-18/h1-10,19-20,23-24H,11-16H2/t19-,20?/m0/s1. The summed E-state index contributed by atoms with van der Waals surface area (Å²) in [5, 5.41) is 3.33. The topological polar surface area (TPSA) is 59.6 Å². The van der Waals surface area contributed by atoms with Gasteiger partial charge in [0.25, 0.3) is 0 Å². The molecule has 1 aliphatic heterocycles. The highest BCUT2D eigenvalue weighted by Crippen LogP contribution is 2.54. The van der Waals surface area contributed by atoms with E-state index in [0.717, 1.165) is 30.4 Å². The Labute approximate surface area is 160 Å². The van der Waals surface area contributed by atoms with Crippen LogP contribution in [0, 0.1) is 5.41 Å². The van der Waals surface area contributed by atoms with Crippen LogP contribution in [-0.4, -0.2) is 24.6 Å². The minimum Gasteiger partial charge on any atom is -0.460 e. The van der Waals surface area contributed by atoms with Crippen LogP contribution in [0.2, 0.25) is 0 Å². The van der Waals surface area contributed by atoms with Crippen molar-refractivity contribution < 1.29 is 14.4 Å². The Kier molecular flexibility index (Phi) is 5.53. The monoisotopic (exact) mass is 366 g/mol. The first kappa shape index (κ1) is 18.2. The van der Waals surface area contributed by atoms with Gasteiger partial charge in [0.2, 0.25) is 0 Å². The van der Waals surface area contributed by atoms with Gasteiger partial charge in [0.05, 0.1) is 12.6 Å². The molecular weight excluding hydrogens is 340 g/mol. The lowest BCUT2D eigenvalue weighted by atomic mass is 9.85. The van der Waals surface area contributed by atoms with Crippen molar-refractivity contribution in [1.82, 2.24) is 10.8 Å². The van der Waals surface area contributed by atoms with E-state index in [2.05, 4.69) is 10.8 Å². The summed E-state index contributed by atoms with van der Waals surface area (Å²) < 4.78 is 5.51. The lowest BCUT2D eigenvalue weighted by Crippen LogP contribution is -2.56. The van der Waals surface area contributed by atoms with Crippen molar-refractivity contribution in [3.8, 4) is 0 Å². The summed E-state index contributed by atoms with van der Waals surface area (Å²) in [7, 11) is 0. The molecule has 5 heteroatoms. The number of piperidine rings is 1. The van der Waals surface area contributed by atoms with E-state index < -0.39 is 0 Å². The number of carbonyl (C=O) groups excluding carboxylic acids is 1. The molecule has 2 aliphatic rings. The predicted molar refractivity (Wildman–Crippen MR) is 102 cm³/mol. The van der Waals surface area contributed by atoms with Crippen LogP contribution < -0.4 is 10.8 Å². The highest BCUT2D eigenvalue weighted by Gasteiger charge is 2.54. The number of hydrogen-bond donors (Lipinski definition) is 2. The number of benzene rings is 2. The number of carbonyl (C=O) groups is 1. The number of ether oxygens (including phenoxy) is 1. The van der Waals surface area contributed by atoms with Crippen LogP contribution in [0.15, 0.2) is 60.7 Å². The number of esters is 1. The number of hydrogen-bond acceptors (Lipinski definition) is 5. The van der Waals surface area contributed by atoms with Gasteiger partial charge in [0.15, 0.2) is 0 Å². The molecule has 2 N–H and O–H groups in total. The number of nitrogens with one attached hydrogen (secondary N) is 2. The van der Waals surface area contributed by atoms with Crippen molar-refractivity contribution in [1.29, 1.82) is 0 Å². The SMILES string of the molecule is O=C(OCc1ccccc1)[C@@H]1CC2(CC2)C(NOCc2ccccc2)CN1. The largest absolute Gasteiger partial charge is 0.460 e. The highest BCUT2D eigenvalue weighted by atomic mass is 16.6. The smallest absolute Gasteiger partial charge is 0.323 e. The third-order valence-corrected chi connectivity index (χ3v) is 5.63. The molecule has 0 bridgehead atoms. The summed E-state index contributed by atoms with van der Waals surface area (Å²) in [5.41, 5.74) is 5.53. The molecule has 0 aromatic heterocycles. The summed E-state index contributed by atoms with van der Waals surface area (Å²) in [4.78, 5) is 18.2. The van der Waals surface area contributed by atoms with Crippen LogP contribution in [0.1, 0.15) is 30.4 Å². The van der Waals surface area contributed by atoms with Crippen molar-refractivity contribution >= 4 is 5.97 Å². The number of rotatable bonds is 7. The molecule has 1 unspecified atom stereocenters. The van der Waals surface area contributed by atoms with Crippen LogP contribution in [0.3, 0.4) is 0 Å². The molecule has 1 saturated carbocycles. The second-order valence-corrected chi connectivity index (χ2v) is 7.57. The molecule has 2 aromatic carbocycles. The first-order valence-corrected chi connectivity index (χ1v) is 9.60. The first-order valence-electron chi connectivity index (χ1n) is 9.60. The molecule has 142 valence electrons.